The maximum absolute atomic E-state index is 10.0. The molecule has 29 heavy (non-hydrogen) atoms. The molecule has 0 bridgehead atoms. The third-order valence-electron chi connectivity index (χ3n) is 4.01. The molecule has 0 aromatic heterocycles. The third kappa shape index (κ3) is 34.2. The summed E-state index contributed by atoms with van der Waals surface area (Å²) in [4.78, 5) is 19.7. The molecule has 0 aliphatic heterocycles. The highest BCUT2D eigenvalue weighted by atomic mass is 16.3. The van der Waals surface area contributed by atoms with Crippen LogP contribution in [0.4, 0.5) is 0 Å². The third-order valence-corrected chi connectivity index (χ3v) is 4.01. The molecule has 0 saturated heterocycles. The van der Waals surface area contributed by atoms with Gasteiger partial charge < -0.3 is 9.90 Å². The zero-order valence-electron chi connectivity index (χ0n) is 20.1. The van der Waals surface area contributed by atoms with Crippen molar-refractivity contribution >= 4 is 12.6 Å². The molecule has 1 atom stereocenters. The average molecular weight is 407 g/mol. The standard InChI is InChI=1S/C10H16O.C10H18O.C6H12O/c1-9(2)5-4-6-10(3)7-8-11;1-5-10(4,11)8-6-7-9(2)3;1-2-3-4-5-6-7/h5,7-8H,4,6H2,1-3H3;5,7,11H,1,6,8H2,2-4H3;6H,2-5H2,1H3/b10-7+;;. The monoisotopic (exact) mass is 406 g/mol. The number of hydrogen-bond donors (Lipinski definition) is 1. The summed E-state index contributed by atoms with van der Waals surface area (Å²) in [6, 6.07) is 0. The fourth-order valence-electron chi connectivity index (χ4n) is 2.02. The molecule has 0 aliphatic carbocycles. The summed E-state index contributed by atoms with van der Waals surface area (Å²) in [5, 5.41) is 9.49. The Hall–Kier alpha value is -1.74. The molecule has 0 aliphatic rings. The molecule has 1 unspecified atom stereocenters. The number of aliphatic hydroxyl groups is 1. The normalized spacial score (nSPS) is 12.1. The van der Waals surface area contributed by atoms with Gasteiger partial charge in [0, 0.05) is 6.42 Å². The van der Waals surface area contributed by atoms with Crippen LogP contribution in [0.1, 0.15) is 99.8 Å². The van der Waals surface area contributed by atoms with Gasteiger partial charge in [-0.15, -0.1) is 6.58 Å². The van der Waals surface area contributed by atoms with Crippen LogP contribution in [0.5, 0.6) is 0 Å². The number of allylic oxidation sites excluding steroid dienone is 6. The fraction of sp³-hybridized carbons (Fsp3) is 0.615. The van der Waals surface area contributed by atoms with E-state index < -0.39 is 5.60 Å². The van der Waals surface area contributed by atoms with Crippen LogP contribution in [0.3, 0.4) is 0 Å². The predicted octanol–water partition coefficient (Wildman–Crippen LogP) is 7.31. The largest absolute Gasteiger partial charge is 0.386 e. The van der Waals surface area contributed by atoms with E-state index in [1.807, 2.05) is 6.92 Å². The molecule has 0 fully saturated rings. The van der Waals surface area contributed by atoms with Crippen LogP contribution in [0, 0.1) is 0 Å². The first-order valence-corrected chi connectivity index (χ1v) is 10.7. The molecule has 0 rings (SSSR count). The maximum Gasteiger partial charge on any atom is 0.142 e. The van der Waals surface area contributed by atoms with Crippen molar-refractivity contribution in [2.45, 2.75) is 105 Å². The minimum atomic E-state index is -0.702. The highest BCUT2D eigenvalue weighted by Crippen LogP contribution is 2.13. The Labute approximate surface area is 180 Å². The van der Waals surface area contributed by atoms with Crippen molar-refractivity contribution in [2.75, 3.05) is 0 Å². The summed E-state index contributed by atoms with van der Waals surface area (Å²) in [7, 11) is 0. The van der Waals surface area contributed by atoms with Gasteiger partial charge in [0.25, 0.3) is 0 Å². The Morgan fingerprint density at radius 3 is 1.90 bits per heavy atom. The number of aldehydes is 2. The summed E-state index contributed by atoms with van der Waals surface area (Å²) in [5.74, 6) is 0. The van der Waals surface area contributed by atoms with Gasteiger partial charge in [-0.25, -0.2) is 0 Å². The van der Waals surface area contributed by atoms with Crippen molar-refractivity contribution in [2.24, 2.45) is 0 Å². The number of hydrogen-bond acceptors (Lipinski definition) is 3. The lowest BCUT2D eigenvalue weighted by Crippen LogP contribution is -2.19. The van der Waals surface area contributed by atoms with Gasteiger partial charge in [-0.05, 0) is 79.7 Å². The summed E-state index contributed by atoms with van der Waals surface area (Å²) < 4.78 is 0. The molecule has 0 spiro atoms. The maximum atomic E-state index is 10.0. The molecule has 3 heteroatoms. The molecule has 0 aromatic rings. The minimum Gasteiger partial charge on any atom is -0.386 e. The van der Waals surface area contributed by atoms with Gasteiger partial charge in [-0.3, -0.25) is 4.79 Å². The molecule has 3 nitrogen and oxygen atoms in total. The van der Waals surface area contributed by atoms with E-state index in [0.717, 1.165) is 56.7 Å². The fourth-order valence-corrected chi connectivity index (χ4v) is 2.02. The van der Waals surface area contributed by atoms with Gasteiger partial charge >= 0.3 is 0 Å². The number of rotatable bonds is 12. The molecule has 0 amide bonds. The summed E-state index contributed by atoms with van der Waals surface area (Å²) in [6.45, 7) is 17.7. The van der Waals surface area contributed by atoms with Gasteiger partial charge in [0.05, 0.1) is 5.60 Å². The lowest BCUT2D eigenvalue weighted by atomic mass is 10.00. The molecule has 0 heterocycles. The second-order valence-corrected chi connectivity index (χ2v) is 8.01. The zero-order valence-corrected chi connectivity index (χ0v) is 20.1. The molecule has 0 radical (unpaired) electrons. The second kappa shape index (κ2) is 22.5. The van der Waals surface area contributed by atoms with Crippen LogP contribution in [0.25, 0.3) is 0 Å². The number of carbonyl (C=O) groups excluding carboxylic acids is 2. The Morgan fingerprint density at radius 2 is 1.48 bits per heavy atom. The van der Waals surface area contributed by atoms with E-state index in [1.54, 1.807) is 19.1 Å². The lowest BCUT2D eigenvalue weighted by Gasteiger charge is -2.16. The first-order chi connectivity index (χ1) is 13.6. The van der Waals surface area contributed by atoms with Gasteiger partial charge in [0.15, 0.2) is 0 Å². The van der Waals surface area contributed by atoms with Crippen molar-refractivity contribution in [3.8, 4) is 0 Å². The van der Waals surface area contributed by atoms with E-state index in [0.29, 0.717) is 0 Å². The molecular formula is C26H46O3. The quantitative estimate of drug-likeness (QED) is 0.160. The second-order valence-electron chi connectivity index (χ2n) is 8.01. The molecule has 0 aromatic carbocycles. The first kappa shape index (κ1) is 31.9. The van der Waals surface area contributed by atoms with Crippen molar-refractivity contribution in [1.82, 2.24) is 0 Å². The van der Waals surface area contributed by atoms with Crippen LogP contribution in [0.15, 0.2) is 47.6 Å². The lowest BCUT2D eigenvalue weighted by molar-refractivity contribution is -0.108. The van der Waals surface area contributed by atoms with Crippen LogP contribution >= 0.6 is 0 Å². The van der Waals surface area contributed by atoms with E-state index in [2.05, 4.69) is 53.3 Å². The van der Waals surface area contributed by atoms with E-state index >= 15 is 0 Å². The smallest absolute Gasteiger partial charge is 0.142 e. The van der Waals surface area contributed by atoms with Crippen LogP contribution in [-0.4, -0.2) is 23.3 Å². The van der Waals surface area contributed by atoms with Gasteiger partial charge in [0.2, 0.25) is 0 Å². The van der Waals surface area contributed by atoms with Gasteiger partial charge in [-0.1, -0.05) is 54.7 Å². The van der Waals surface area contributed by atoms with Gasteiger partial charge in [-0.2, -0.15) is 0 Å². The highest BCUT2D eigenvalue weighted by Gasteiger charge is 2.12. The summed E-state index contributed by atoms with van der Waals surface area (Å²) >= 11 is 0. The predicted molar refractivity (Wildman–Crippen MR) is 128 cm³/mol. The van der Waals surface area contributed by atoms with E-state index in [-0.39, 0.29) is 0 Å². The summed E-state index contributed by atoms with van der Waals surface area (Å²) in [6.07, 6.45) is 17.3. The van der Waals surface area contributed by atoms with E-state index in [1.165, 1.54) is 24.0 Å². The Morgan fingerprint density at radius 1 is 0.931 bits per heavy atom. The topological polar surface area (TPSA) is 54.4 Å². The van der Waals surface area contributed by atoms with Crippen LogP contribution < -0.4 is 0 Å². The Kier molecular flexibility index (Phi) is 24.8. The SMILES string of the molecule is C=CC(C)(O)CCC=C(C)C.CC(C)=CCC/C(C)=C/C=O.CCCCCC=O. The zero-order chi connectivity index (χ0) is 23.1. The van der Waals surface area contributed by atoms with Crippen molar-refractivity contribution in [1.29, 1.82) is 0 Å². The van der Waals surface area contributed by atoms with Gasteiger partial charge in [0.1, 0.15) is 12.6 Å². The van der Waals surface area contributed by atoms with E-state index in [9.17, 15) is 14.7 Å². The van der Waals surface area contributed by atoms with Crippen LogP contribution in [-0.2, 0) is 9.59 Å². The molecule has 168 valence electrons. The van der Waals surface area contributed by atoms with Crippen molar-refractivity contribution in [3.05, 3.63) is 47.6 Å². The first-order valence-electron chi connectivity index (χ1n) is 10.7. The highest BCUT2D eigenvalue weighted by molar-refractivity contribution is 5.65. The van der Waals surface area contributed by atoms with Crippen molar-refractivity contribution in [3.63, 3.8) is 0 Å². The van der Waals surface area contributed by atoms with E-state index in [4.69, 9.17) is 0 Å². The number of carbonyl (C=O) groups is 2. The minimum absolute atomic E-state index is 0.702. The van der Waals surface area contributed by atoms with Crippen LogP contribution in [0.2, 0.25) is 0 Å². The molecule has 0 saturated carbocycles. The average Bonchev–Trinajstić information content (AvgIpc) is 2.63. The Balaban J connectivity index is -0.000000360. The van der Waals surface area contributed by atoms with Crippen molar-refractivity contribution < 1.29 is 14.7 Å². The Bertz CT molecular complexity index is 500. The number of unbranched alkanes of at least 4 members (excludes halogenated alkanes) is 3. The molecular weight excluding hydrogens is 360 g/mol. The molecule has 1 N–H and O–H groups in total. The summed E-state index contributed by atoms with van der Waals surface area (Å²) in [5.41, 5.74) is 3.08.